The van der Waals surface area contributed by atoms with E-state index in [0.717, 1.165) is 0 Å². The molecule has 15 heavy (non-hydrogen) atoms. The summed E-state index contributed by atoms with van der Waals surface area (Å²) in [5, 5.41) is 8.38. The van der Waals surface area contributed by atoms with Gasteiger partial charge in [0.05, 0.1) is 6.61 Å². The number of rotatable bonds is 7. The Hall–Kier alpha value is -0.340. The molecule has 0 aromatic rings. The zero-order chi connectivity index (χ0) is 11.9. The molecule has 0 aliphatic carbocycles. The quantitative estimate of drug-likeness (QED) is 0.421. The molecule has 0 unspecified atom stereocenters. The minimum Gasteiger partial charge on any atom is -0.396 e. The second-order valence-corrected chi connectivity index (χ2v) is 4.47. The Balaban J connectivity index is 3.69. The number of unbranched alkanes of at least 4 members (excludes halogenated alkanes) is 3. The number of alkyl halides is 3. The summed E-state index contributed by atoms with van der Waals surface area (Å²) < 4.78 is 59.6. The Labute approximate surface area is 86.2 Å². The molecule has 0 amide bonds. The third-order valence-electron chi connectivity index (χ3n) is 1.57. The van der Waals surface area contributed by atoms with Crippen LogP contribution in [0, 0.1) is 0 Å². The first-order valence-electron chi connectivity index (χ1n) is 4.38. The van der Waals surface area contributed by atoms with E-state index in [1.165, 1.54) is 0 Å². The number of halogens is 3. The van der Waals surface area contributed by atoms with Gasteiger partial charge in [-0.1, -0.05) is 12.8 Å². The summed E-state index contributed by atoms with van der Waals surface area (Å²) in [6.45, 7) is -0.463. The average Bonchev–Trinajstić information content (AvgIpc) is 2.09. The minimum absolute atomic E-state index is 0.0156. The van der Waals surface area contributed by atoms with Crippen molar-refractivity contribution in [3.05, 3.63) is 0 Å². The SMILES string of the molecule is O=S(=O)(OCCCCCCO)C(F)(F)F. The van der Waals surface area contributed by atoms with Crippen molar-refractivity contribution in [2.45, 2.75) is 31.2 Å². The van der Waals surface area contributed by atoms with Gasteiger partial charge in [0.2, 0.25) is 0 Å². The summed E-state index contributed by atoms with van der Waals surface area (Å²) in [6.07, 6.45) is 1.92. The summed E-state index contributed by atoms with van der Waals surface area (Å²) in [5.41, 5.74) is -5.35. The zero-order valence-electron chi connectivity index (χ0n) is 7.96. The fourth-order valence-electron chi connectivity index (χ4n) is 0.803. The lowest BCUT2D eigenvalue weighted by Gasteiger charge is -2.07. The van der Waals surface area contributed by atoms with Crippen molar-refractivity contribution >= 4 is 10.1 Å². The molecule has 0 aliphatic heterocycles. The maximum Gasteiger partial charge on any atom is 0.523 e. The van der Waals surface area contributed by atoms with Crippen molar-refractivity contribution in [1.82, 2.24) is 0 Å². The molecule has 0 rings (SSSR count). The molecule has 0 heterocycles. The van der Waals surface area contributed by atoms with Crippen LogP contribution in [0.25, 0.3) is 0 Å². The van der Waals surface area contributed by atoms with Gasteiger partial charge in [-0.25, -0.2) is 0 Å². The lowest BCUT2D eigenvalue weighted by atomic mass is 10.2. The van der Waals surface area contributed by atoms with Crippen molar-refractivity contribution < 1.29 is 30.9 Å². The van der Waals surface area contributed by atoms with Gasteiger partial charge in [-0.3, -0.25) is 4.18 Å². The van der Waals surface area contributed by atoms with Crippen molar-refractivity contribution in [3.63, 3.8) is 0 Å². The Bertz CT molecular complexity index is 260. The third-order valence-corrected chi connectivity index (χ3v) is 2.62. The fourth-order valence-corrected chi connectivity index (χ4v) is 1.27. The molecule has 0 saturated carbocycles. The summed E-state index contributed by atoms with van der Waals surface area (Å²) in [4.78, 5) is 0. The predicted molar refractivity (Wildman–Crippen MR) is 46.5 cm³/mol. The standard InChI is InChI=1S/C7H13F3O4S/c8-7(9,10)15(12,13)14-6-4-2-1-3-5-11/h11H,1-6H2. The second-order valence-electron chi connectivity index (χ2n) is 2.86. The number of aliphatic hydroxyl groups excluding tert-OH is 1. The molecule has 0 bridgehead atoms. The van der Waals surface area contributed by atoms with Crippen molar-refractivity contribution in [3.8, 4) is 0 Å². The van der Waals surface area contributed by atoms with Crippen LogP contribution >= 0.6 is 0 Å². The molecule has 92 valence electrons. The summed E-state index contributed by atoms with van der Waals surface area (Å²) >= 11 is 0. The molecule has 0 fully saturated rings. The van der Waals surface area contributed by atoms with E-state index in [4.69, 9.17) is 5.11 Å². The van der Waals surface area contributed by atoms with E-state index in [2.05, 4.69) is 4.18 Å². The lowest BCUT2D eigenvalue weighted by molar-refractivity contribution is -0.0542. The molecule has 0 spiro atoms. The number of hydrogen-bond donors (Lipinski definition) is 1. The molecule has 8 heteroatoms. The minimum atomic E-state index is -5.44. The highest BCUT2D eigenvalue weighted by atomic mass is 32.2. The smallest absolute Gasteiger partial charge is 0.396 e. The van der Waals surface area contributed by atoms with E-state index in [1.807, 2.05) is 0 Å². The first kappa shape index (κ1) is 14.7. The molecule has 0 aliphatic rings. The maximum atomic E-state index is 11.7. The van der Waals surface area contributed by atoms with Crippen LogP contribution in [0.1, 0.15) is 25.7 Å². The van der Waals surface area contributed by atoms with Gasteiger partial charge < -0.3 is 5.11 Å². The van der Waals surface area contributed by atoms with Gasteiger partial charge in [0, 0.05) is 6.61 Å². The Morgan fingerprint density at radius 1 is 1.07 bits per heavy atom. The van der Waals surface area contributed by atoms with Crippen LogP contribution in [0.3, 0.4) is 0 Å². The first-order valence-corrected chi connectivity index (χ1v) is 5.78. The highest BCUT2D eigenvalue weighted by Gasteiger charge is 2.47. The van der Waals surface area contributed by atoms with E-state index in [9.17, 15) is 21.6 Å². The van der Waals surface area contributed by atoms with Crippen LogP contribution in [-0.4, -0.2) is 32.2 Å². The van der Waals surface area contributed by atoms with Gasteiger partial charge in [-0.05, 0) is 12.8 Å². The summed E-state index contributed by atoms with van der Waals surface area (Å²) in [5.74, 6) is 0. The highest BCUT2D eigenvalue weighted by molar-refractivity contribution is 7.87. The Kier molecular flexibility index (Phi) is 6.15. The van der Waals surface area contributed by atoms with E-state index in [0.29, 0.717) is 19.3 Å². The largest absolute Gasteiger partial charge is 0.523 e. The highest BCUT2D eigenvalue weighted by Crippen LogP contribution is 2.24. The Morgan fingerprint density at radius 2 is 1.60 bits per heavy atom. The predicted octanol–water partition coefficient (Wildman–Crippen LogP) is 1.41. The molecular formula is C7H13F3O4S. The normalized spacial score (nSPS) is 13.1. The van der Waals surface area contributed by atoms with Crippen LogP contribution in [0.4, 0.5) is 13.2 Å². The second kappa shape index (κ2) is 6.29. The van der Waals surface area contributed by atoms with Gasteiger partial charge in [-0.15, -0.1) is 0 Å². The summed E-state index contributed by atoms with van der Waals surface area (Å²) in [6, 6.07) is 0. The molecule has 4 nitrogen and oxygen atoms in total. The molecule has 0 radical (unpaired) electrons. The molecule has 0 aromatic carbocycles. The van der Waals surface area contributed by atoms with Crippen LogP contribution < -0.4 is 0 Å². The van der Waals surface area contributed by atoms with Crippen molar-refractivity contribution in [2.75, 3.05) is 13.2 Å². The van der Waals surface area contributed by atoms with E-state index < -0.39 is 22.2 Å². The maximum absolute atomic E-state index is 11.7. The average molecular weight is 250 g/mol. The van der Waals surface area contributed by atoms with Crippen molar-refractivity contribution in [2.24, 2.45) is 0 Å². The van der Waals surface area contributed by atoms with Crippen LogP contribution in [-0.2, 0) is 14.3 Å². The van der Waals surface area contributed by atoms with E-state index in [1.54, 1.807) is 0 Å². The monoisotopic (exact) mass is 250 g/mol. The molecule has 0 saturated heterocycles. The number of aliphatic hydroxyl groups is 1. The van der Waals surface area contributed by atoms with Crippen LogP contribution in [0.15, 0.2) is 0 Å². The van der Waals surface area contributed by atoms with Gasteiger partial charge in [0.1, 0.15) is 0 Å². The van der Waals surface area contributed by atoms with E-state index in [-0.39, 0.29) is 13.0 Å². The molecule has 0 atom stereocenters. The van der Waals surface area contributed by atoms with E-state index >= 15 is 0 Å². The zero-order valence-corrected chi connectivity index (χ0v) is 8.77. The Morgan fingerprint density at radius 3 is 2.07 bits per heavy atom. The third kappa shape index (κ3) is 5.95. The fraction of sp³-hybridized carbons (Fsp3) is 1.00. The molecule has 0 aromatic heterocycles. The van der Waals surface area contributed by atoms with Crippen LogP contribution in [0.2, 0.25) is 0 Å². The van der Waals surface area contributed by atoms with Gasteiger partial charge in [-0.2, -0.15) is 21.6 Å². The van der Waals surface area contributed by atoms with Gasteiger partial charge in [0.25, 0.3) is 0 Å². The van der Waals surface area contributed by atoms with Gasteiger partial charge in [0.15, 0.2) is 0 Å². The topological polar surface area (TPSA) is 63.6 Å². The summed E-state index contributed by atoms with van der Waals surface area (Å²) in [7, 11) is -5.44. The molecule has 1 N–H and O–H groups in total. The first-order chi connectivity index (χ1) is 6.81. The van der Waals surface area contributed by atoms with Gasteiger partial charge >= 0.3 is 15.6 Å². The van der Waals surface area contributed by atoms with Crippen LogP contribution in [0.5, 0.6) is 0 Å². The lowest BCUT2D eigenvalue weighted by Crippen LogP contribution is -2.25. The number of hydrogen-bond acceptors (Lipinski definition) is 4. The molecular weight excluding hydrogens is 237 g/mol. The van der Waals surface area contributed by atoms with Crippen molar-refractivity contribution in [1.29, 1.82) is 0 Å².